The first-order valence-electron chi connectivity index (χ1n) is 17.1. The number of hydrogen-bond donors (Lipinski definition) is 0. The van der Waals surface area contributed by atoms with Crippen molar-refractivity contribution in [1.82, 2.24) is 0 Å². The lowest BCUT2D eigenvalue weighted by atomic mass is 9.55. The molecular formula is C46H35NOS. The van der Waals surface area contributed by atoms with Gasteiger partial charge in [-0.3, -0.25) is 0 Å². The van der Waals surface area contributed by atoms with Crippen LogP contribution in [-0.4, -0.2) is 0 Å². The third-order valence-electron chi connectivity index (χ3n) is 11.6. The second-order valence-corrected chi connectivity index (χ2v) is 15.6. The minimum absolute atomic E-state index is 0.150. The summed E-state index contributed by atoms with van der Waals surface area (Å²) >= 11 is 1.92. The number of hydrogen-bond acceptors (Lipinski definition) is 3. The molecule has 49 heavy (non-hydrogen) atoms. The molecule has 0 saturated heterocycles. The van der Waals surface area contributed by atoms with E-state index < -0.39 is 0 Å². The molecular weight excluding hydrogens is 615 g/mol. The second-order valence-electron chi connectivity index (χ2n) is 14.6. The molecule has 0 aliphatic heterocycles. The molecule has 0 atom stereocenters. The van der Waals surface area contributed by atoms with E-state index in [2.05, 4.69) is 160 Å². The Balaban J connectivity index is 1.21. The molecule has 1 aliphatic carbocycles. The van der Waals surface area contributed by atoms with E-state index >= 15 is 0 Å². The van der Waals surface area contributed by atoms with Gasteiger partial charge in [-0.05, 0) is 93.0 Å². The molecule has 7 aromatic carbocycles. The Hall–Kier alpha value is -5.38. The van der Waals surface area contributed by atoms with Crippen molar-refractivity contribution >= 4 is 81.3 Å². The molecule has 10 rings (SSSR count). The normalized spacial score (nSPS) is 14.9. The molecule has 2 nitrogen and oxygen atoms in total. The highest BCUT2D eigenvalue weighted by Gasteiger charge is 2.47. The summed E-state index contributed by atoms with van der Waals surface area (Å²) < 4.78 is 9.09. The van der Waals surface area contributed by atoms with E-state index in [-0.39, 0.29) is 10.8 Å². The summed E-state index contributed by atoms with van der Waals surface area (Å²) in [4.78, 5) is 2.37. The Kier molecular flexibility index (Phi) is 5.88. The highest BCUT2D eigenvalue weighted by molar-refractivity contribution is 7.26. The average molecular weight is 650 g/mol. The van der Waals surface area contributed by atoms with E-state index in [0.29, 0.717) is 0 Å². The van der Waals surface area contributed by atoms with Crippen molar-refractivity contribution < 1.29 is 4.42 Å². The number of nitrogens with zero attached hydrogens (tertiary/aromatic N) is 1. The van der Waals surface area contributed by atoms with Crippen molar-refractivity contribution in [2.24, 2.45) is 0 Å². The summed E-state index contributed by atoms with van der Waals surface area (Å²) in [5, 5.41) is 7.74. The standard InChI is InChI=1S/C46H35NOS/c1-45(2)37-26-30(47(29-13-6-5-7-14-29)31-20-22-35-34-16-10-11-17-38(34)48-39(35)27-31)19-21-33(37)36-23-25-41-43(44(36)46(45,3)4)42-32-15-9-8-12-28(32)18-24-40(42)49-41/h5-27H,1-4H3. The third-order valence-corrected chi connectivity index (χ3v) is 12.7. The van der Waals surface area contributed by atoms with Gasteiger partial charge in [0.05, 0.1) is 0 Å². The summed E-state index contributed by atoms with van der Waals surface area (Å²) in [6.45, 7) is 9.80. The quantitative estimate of drug-likeness (QED) is 0.189. The monoisotopic (exact) mass is 649 g/mol. The molecule has 0 N–H and O–H groups in total. The van der Waals surface area contributed by atoms with Gasteiger partial charge in [0, 0.05) is 59.5 Å². The van der Waals surface area contributed by atoms with Gasteiger partial charge < -0.3 is 9.32 Å². The Morgan fingerprint density at radius 3 is 2.00 bits per heavy atom. The molecule has 2 aromatic heterocycles. The first-order chi connectivity index (χ1) is 23.8. The summed E-state index contributed by atoms with van der Waals surface area (Å²) in [5.41, 5.74) is 10.3. The fraction of sp³-hybridized carbons (Fsp3) is 0.130. The van der Waals surface area contributed by atoms with E-state index in [1.165, 1.54) is 53.2 Å². The van der Waals surface area contributed by atoms with Crippen LogP contribution in [0.4, 0.5) is 17.1 Å². The lowest BCUT2D eigenvalue weighted by Gasteiger charge is -2.49. The SMILES string of the molecule is CC1(C)c2cc(N(c3ccccc3)c3ccc4c(c3)oc3ccccc34)ccc2-c2ccc3sc4ccc5ccccc5c4c3c2C1(C)C. The summed E-state index contributed by atoms with van der Waals surface area (Å²) in [5.74, 6) is 0. The van der Waals surface area contributed by atoms with Crippen LogP contribution in [0.2, 0.25) is 0 Å². The van der Waals surface area contributed by atoms with Crippen molar-refractivity contribution in [3.63, 3.8) is 0 Å². The molecule has 0 bridgehead atoms. The molecule has 0 fully saturated rings. The number of anilines is 3. The first kappa shape index (κ1) is 28.6. The predicted octanol–water partition coefficient (Wildman–Crippen LogP) is 13.8. The zero-order valence-corrected chi connectivity index (χ0v) is 28.9. The van der Waals surface area contributed by atoms with E-state index in [1.807, 2.05) is 23.5 Å². The maximum atomic E-state index is 6.36. The largest absolute Gasteiger partial charge is 0.456 e. The smallest absolute Gasteiger partial charge is 0.137 e. The van der Waals surface area contributed by atoms with Crippen LogP contribution in [0.5, 0.6) is 0 Å². The molecule has 0 amide bonds. The molecule has 3 heteroatoms. The Morgan fingerprint density at radius 1 is 0.490 bits per heavy atom. The van der Waals surface area contributed by atoms with Gasteiger partial charge in [0.2, 0.25) is 0 Å². The molecule has 9 aromatic rings. The number of thiophene rings is 1. The van der Waals surface area contributed by atoms with Crippen LogP contribution < -0.4 is 4.90 Å². The van der Waals surface area contributed by atoms with Crippen molar-refractivity contribution in [2.45, 2.75) is 38.5 Å². The van der Waals surface area contributed by atoms with E-state index in [0.717, 1.165) is 39.0 Å². The average Bonchev–Trinajstić information content (AvgIpc) is 3.69. The highest BCUT2D eigenvalue weighted by atomic mass is 32.1. The molecule has 1 aliphatic rings. The van der Waals surface area contributed by atoms with Gasteiger partial charge in [0.1, 0.15) is 11.2 Å². The van der Waals surface area contributed by atoms with Crippen LogP contribution in [0, 0.1) is 0 Å². The second kappa shape index (κ2) is 10.1. The van der Waals surface area contributed by atoms with Crippen LogP contribution in [-0.2, 0) is 10.8 Å². The minimum Gasteiger partial charge on any atom is -0.456 e. The topological polar surface area (TPSA) is 16.4 Å². The van der Waals surface area contributed by atoms with Gasteiger partial charge in [-0.2, -0.15) is 0 Å². The number of rotatable bonds is 3. The number of para-hydroxylation sites is 2. The van der Waals surface area contributed by atoms with Gasteiger partial charge in [-0.15, -0.1) is 11.3 Å². The number of furan rings is 1. The van der Waals surface area contributed by atoms with Crippen molar-refractivity contribution in [1.29, 1.82) is 0 Å². The van der Waals surface area contributed by atoms with Gasteiger partial charge in [-0.25, -0.2) is 0 Å². The summed E-state index contributed by atoms with van der Waals surface area (Å²) in [7, 11) is 0. The molecule has 0 radical (unpaired) electrons. The van der Waals surface area contributed by atoms with Gasteiger partial charge in [0.15, 0.2) is 0 Å². The minimum atomic E-state index is -0.163. The van der Waals surface area contributed by atoms with Crippen LogP contribution in [0.1, 0.15) is 38.8 Å². The molecule has 0 spiro atoms. The maximum absolute atomic E-state index is 6.36. The van der Waals surface area contributed by atoms with Crippen LogP contribution in [0.15, 0.2) is 144 Å². The zero-order chi connectivity index (χ0) is 33.1. The molecule has 0 unspecified atom stereocenters. The zero-order valence-electron chi connectivity index (χ0n) is 28.0. The fourth-order valence-electron chi connectivity index (χ4n) is 8.45. The number of fused-ring (bicyclic) bond motifs is 12. The van der Waals surface area contributed by atoms with E-state index in [4.69, 9.17) is 4.42 Å². The Labute approximate surface area is 289 Å². The fourth-order valence-corrected chi connectivity index (χ4v) is 9.58. The Morgan fingerprint density at radius 2 is 1.14 bits per heavy atom. The third kappa shape index (κ3) is 3.94. The summed E-state index contributed by atoms with van der Waals surface area (Å²) in [6, 6.07) is 50.9. The Bertz CT molecular complexity index is 2780. The van der Waals surface area contributed by atoms with Crippen LogP contribution >= 0.6 is 11.3 Å². The molecule has 0 saturated carbocycles. The first-order valence-corrected chi connectivity index (χ1v) is 17.9. The predicted molar refractivity (Wildman–Crippen MR) is 210 cm³/mol. The van der Waals surface area contributed by atoms with Gasteiger partial charge in [-0.1, -0.05) is 107 Å². The molecule has 2 heterocycles. The van der Waals surface area contributed by atoms with E-state index in [9.17, 15) is 0 Å². The van der Waals surface area contributed by atoms with Gasteiger partial charge >= 0.3 is 0 Å². The van der Waals surface area contributed by atoms with Crippen molar-refractivity contribution in [3.8, 4) is 11.1 Å². The lowest BCUT2D eigenvalue weighted by molar-refractivity contribution is 0.301. The van der Waals surface area contributed by atoms with Crippen molar-refractivity contribution in [3.05, 3.63) is 151 Å². The number of benzene rings is 7. The highest BCUT2D eigenvalue weighted by Crippen LogP contribution is 2.58. The van der Waals surface area contributed by atoms with Crippen LogP contribution in [0.25, 0.3) is 64.0 Å². The molecule has 236 valence electrons. The lowest BCUT2D eigenvalue weighted by Crippen LogP contribution is -2.43. The van der Waals surface area contributed by atoms with Gasteiger partial charge in [0.25, 0.3) is 0 Å². The van der Waals surface area contributed by atoms with E-state index in [1.54, 1.807) is 0 Å². The van der Waals surface area contributed by atoms with Crippen LogP contribution in [0.3, 0.4) is 0 Å². The maximum Gasteiger partial charge on any atom is 0.137 e. The summed E-state index contributed by atoms with van der Waals surface area (Å²) in [6.07, 6.45) is 0. The van der Waals surface area contributed by atoms with Crippen molar-refractivity contribution in [2.75, 3.05) is 4.90 Å².